The molecule has 0 saturated carbocycles. The van der Waals surface area contributed by atoms with Crippen LogP contribution in [0.2, 0.25) is 0 Å². The molecule has 1 unspecified atom stereocenters. The molecular weight excluding hydrogens is 913 g/mol. The molecule has 0 rings (SSSR count). The van der Waals surface area contributed by atoms with Crippen LogP contribution in [0.5, 0.6) is 0 Å². The number of esters is 3. The van der Waals surface area contributed by atoms with Gasteiger partial charge in [0.2, 0.25) is 0 Å². The van der Waals surface area contributed by atoms with Crippen molar-refractivity contribution in [2.75, 3.05) is 13.2 Å². The predicted molar refractivity (Wildman–Crippen MR) is 321 cm³/mol. The summed E-state index contributed by atoms with van der Waals surface area (Å²) in [5, 5.41) is 0. The zero-order valence-electron chi connectivity index (χ0n) is 49.4. The molecule has 0 aromatic carbocycles. The van der Waals surface area contributed by atoms with Crippen molar-refractivity contribution in [2.45, 2.75) is 341 Å². The standard InChI is InChI=1S/C68H122O6/c1-4-7-10-13-16-19-22-25-28-31-33-34-35-38-40-43-46-49-52-55-58-61-67(70)73-64-65(63-72-66(69)60-57-54-51-48-45-42-39-36-30-27-24-21-18-15-12-9-6-3)74-68(71)62-59-56-53-50-47-44-41-37-32-29-26-23-20-17-14-11-8-5-2/h7,10,16,19,25,28-29,32-34,65H,4-6,8-9,11-15,17-18,20-24,26-27,30-31,35-64H2,1-3H3/b10-7-,19-16-,28-25-,32-29-,34-33-. The van der Waals surface area contributed by atoms with E-state index in [4.69, 9.17) is 14.2 Å². The first-order chi connectivity index (χ1) is 36.5. The molecule has 0 N–H and O–H groups in total. The molecule has 0 aromatic heterocycles. The molecule has 74 heavy (non-hydrogen) atoms. The van der Waals surface area contributed by atoms with Crippen LogP contribution in [-0.2, 0) is 28.6 Å². The van der Waals surface area contributed by atoms with Gasteiger partial charge < -0.3 is 14.2 Å². The third kappa shape index (κ3) is 60.0. The first-order valence-electron chi connectivity index (χ1n) is 32.3. The number of rotatable bonds is 59. The van der Waals surface area contributed by atoms with Crippen molar-refractivity contribution in [1.29, 1.82) is 0 Å². The van der Waals surface area contributed by atoms with Crippen LogP contribution in [0.3, 0.4) is 0 Å². The molecule has 0 heterocycles. The van der Waals surface area contributed by atoms with E-state index in [0.29, 0.717) is 19.3 Å². The van der Waals surface area contributed by atoms with E-state index in [1.807, 2.05) is 0 Å². The van der Waals surface area contributed by atoms with Crippen LogP contribution in [0.15, 0.2) is 60.8 Å². The Labute approximate surface area is 460 Å². The molecule has 6 heteroatoms. The number of hydrogen-bond acceptors (Lipinski definition) is 6. The molecule has 0 spiro atoms. The highest BCUT2D eigenvalue weighted by Gasteiger charge is 2.19. The molecule has 0 aliphatic carbocycles. The normalized spacial score (nSPS) is 12.4. The highest BCUT2D eigenvalue weighted by Crippen LogP contribution is 2.17. The molecular formula is C68H122O6. The van der Waals surface area contributed by atoms with E-state index >= 15 is 0 Å². The minimum Gasteiger partial charge on any atom is -0.462 e. The van der Waals surface area contributed by atoms with Gasteiger partial charge in [-0.3, -0.25) is 14.4 Å². The van der Waals surface area contributed by atoms with E-state index in [1.165, 1.54) is 205 Å². The summed E-state index contributed by atoms with van der Waals surface area (Å²) in [5.74, 6) is -0.867. The fourth-order valence-electron chi connectivity index (χ4n) is 9.43. The maximum Gasteiger partial charge on any atom is 0.306 e. The number of ether oxygens (including phenoxy) is 3. The van der Waals surface area contributed by atoms with Gasteiger partial charge in [0.25, 0.3) is 0 Å². The summed E-state index contributed by atoms with van der Waals surface area (Å²) >= 11 is 0. The van der Waals surface area contributed by atoms with Crippen LogP contribution in [0, 0.1) is 0 Å². The third-order valence-electron chi connectivity index (χ3n) is 14.3. The van der Waals surface area contributed by atoms with Gasteiger partial charge in [0, 0.05) is 19.3 Å². The van der Waals surface area contributed by atoms with Crippen LogP contribution in [0.4, 0.5) is 0 Å². The lowest BCUT2D eigenvalue weighted by Crippen LogP contribution is -2.30. The summed E-state index contributed by atoms with van der Waals surface area (Å²) in [4.78, 5) is 38.4. The lowest BCUT2D eigenvalue weighted by atomic mass is 10.0. The van der Waals surface area contributed by atoms with Crippen molar-refractivity contribution in [1.82, 2.24) is 0 Å². The van der Waals surface area contributed by atoms with Gasteiger partial charge >= 0.3 is 17.9 Å². The van der Waals surface area contributed by atoms with Gasteiger partial charge in [-0.25, -0.2) is 0 Å². The summed E-state index contributed by atoms with van der Waals surface area (Å²) in [5.41, 5.74) is 0. The van der Waals surface area contributed by atoms with E-state index in [2.05, 4.69) is 81.5 Å². The zero-order valence-corrected chi connectivity index (χ0v) is 49.4. The molecule has 0 amide bonds. The Kier molecular flexibility index (Phi) is 60.2. The van der Waals surface area contributed by atoms with Crippen molar-refractivity contribution in [3.05, 3.63) is 60.8 Å². The van der Waals surface area contributed by atoms with Crippen molar-refractivity contribution >= 4 is 17.9 Å². The molecule has 430 valence electrons. The number of allylic oxidation sites excluding steroid dienone is 10. The molecule has 0 saturated heterocycles. The molecule has 1 atom stereocenters. The van der Waals surface area contributed by atoms with Crippen LogP contribution < -0.4 is 0 Å². The lowest BCUT2D eigenvalue weighted by Gasteiger charge is -2.18. The smallest absolute Gasteiger partial charge is 0.306 e. The van der Waals surface area contributed by atoms with Gasteiger partial charge in [0.05, 0.1) is 0 Å². The molecule has 0 fully saturated rings. The highest BCUT2D eigenvalue weighted by atomic mass is 16.6. The molecule has 0 aliphatic heterocycles. The molecule has 0 aromatic rings. The van der Waals surface area contributed by atoms with Crippen LogP contribution >= 0.6 is 0 Å². The zero-order chi connectivity index (χ0) is 53.6. The van der Waals surface area contributed by atoms with E-state index in [-0.39, 0.29) is 31.1 Å². The van der Waals surface area contributed by atoms with E-state index in [9.17, 15) is 14.4 Å². The van der Waals surface area contributed by atoms with E-state index in [1.54, 1.807) is 0 Å². The highest BCUT2D eigenvalue weighted by molar-refractivity contribution is 5.71. The minimum absolute atomic E-state index is 0.0748. The second-order valence-electron chi connectivity index (χ2n) is 21.6. The lowest BCUT2D eigenvalue weighted by molar-refractivity contribution is -0.167. The number of hydrogen-bond donors (Lipinski definition) is 0. The Hall–Kier alpha value is -2.89. The quantitative estimate of drug-likeness (QED) is 0.0261. The first-order valence-corrected chi connectivity index (χ1v) is 32.3. The van der Waals surface area contributed by atoms with Crippen molar-refractivity contribution in [3.8, 4) is 0 Å². The van der Waals surface area contributed by atoms with Crippen molar-refractivity contribution < 1.29 is 28.6 Å². The van der Waals surface area contributed by atoms with Crippen LogP contribution in [0.1, 0.15) is 335 Å². The summed E-state index contributed by atoms with van der Waals surface area (Å²) in [6, 6.07) is 0. The van der Waals surface area contributed by atoms with Crippen molar-refractivity contribution in [3.63, 3.8) is 0 Å². The first kappa shape index (κ1) is 71.1. The van der Waals surface area contributed by atoms with Gasteiger partial charge in [-0.1, -0.05) is 293 Å². The Morgan fingerprint density at radius 1 is 0.284 bits per heavy atom. The van der Waals surface area contributed by atoms with Gasteiger partial charge in [0.1, 0.15) is 13.2 Å². The van der Waals surface area contributed by atoms with E-state index in [0.717, 1.165) is 89.9 Å². The maximum atomic E-state index is 12.9. The third-order valence-corrected chi connectivity index (χ3v) is 14.3. The Morgan fingerprint density at radius 2 is 0.527 bits per heavy atom. The average molecular weight is 1040 g/mol. The Bertz CT molecular complexity index is 1330. The van der Waals surface area contributed by atoms with Crippen LogP contribution in [-0.4, -0.2) is 37.2 Å². The topological polar surface area (TPSA) is 78.9 Å². The van der Waals surface area contributed by atoms with Gasteiger partial charge in [-0.2, -0.15) is 0 Å². The average Bonchev–Trinajstić information content (AvgIpc) is 3.40. The van der Waals surface area contributed by atoms with Crippen LogP contribution in [0.25, 0.3) is 0 Å². The molecule has 0 radical (unpaired) electrons. The van der Waals surface area contributed by atoms with Gasteiger partial charge in [-0.05, 0) is 83.5 Å². The minimum atomic E-state index is -0.779. The predicted octanol–water partition coefficient (Wildman–Crippen LogP) is 21.9. The number of unbranched alkanes of at least 4 members (excludes halogenated alkanes) is 38. The molecule has 0 aliphatic rings. The number of carbonyl (C=O) groups excluding carboxylic acids is 3. The summed E-state index contributed by atoms with van der Waals surface area (Å²) in [6.07, 6.45) is 79.3. The fourth-order valence-corrected chi connectivity index (χ4v) is 9.43. The summed E-state index contributed by atoms with van der Waals surface area (Å²) in [6.45, 7) is 6.57. The molecule has 0 bridgehead atoms. The SMILES string of the molecule is CC/C=C\C/C=C\C/C=C\C/C=C\CCCCCCCCCCC(=O)OCC(COC(=O)CCCCCCCCCCCCCCCCCCC)OC(=O)CCCCCCCCC/C=C\CCCCCCCCC. The fraction of sp³-hybridized carbons (Fsp3) is 0.809. The van der Waals surface area contributed by atoms with Gasteiger partial charge in [-0.15, -0.1) is 0 Å². The van der Waals surface area contributed by atoms with Crippen molar-refractivity contribution in [2.24, 2.45) is 0 Å². The second kappa shape index (κ2) is 62.6. The monoisotopic (exact) mass is 1030 g/mol. The maximum absolute atomic E-state index is 12.9. The van der Waals surface area contributed by atoms with Gasteiger partial charge in [0.15, 0.2) is 6.10 Å². The number of carbonyl (C=O) groups is 3. The Balaban J connectivity index is 4.36. The van der Waals surface area contributed by atoms with E-state index < -0.39 is 6.10 Å². The largest absolute Gasteiger partial charge is 0.462 e. The Morgan fingerprint density at radius 3 is 0.838 bits per heavy atom. The molecule has 6 nitrogen and oxygen atoms in total. The second-order valence-corrected chi connectivity index (χ2v) is 21.6. The summed E-state index contributed by atoms with van der Waals surface area (Å²) < 4.78 is 17.0. The summed E-state index contributed by atoms with van der Waals surface area (Å²) in [7, 11) is 0.